The fourth-order valence-corrected chi connectivity index (χ4v) is 4.66. The molecule has 0 spiro atoms. The molecule has 78 valence electrons. The summed E-state index contributed by atoms with van der Waals surface area (Å²) in [6.45, 7) is 4.94. The summed E-state index contributed by atoms with van der Waals surface area (Å²) in [5, 5.41) is 9.50. The highest BCUT2D eigenvalue weighted by Gasteiger charge is 2.54. The van der Waals surface area contributed by atoms with Crippen molar-refractivity contribution in [3.05, 3.63) is 11.1 Å². The van der Waals surface area contributed by atoms with Gasteiger partial charge >= 0.3 is 0 Å². The van der Waals surface area contributed by atoms with Crippen molar-refractivity contribution < 1.29 is 5.11 Å². The van der Waals surface area contributed by atoms with Crippen molar-refractivity contribution in [3.8, 4) is 0 Å². The number of aliphatic hydroxyl groups excluding tert-OH is 1. The molecule has 1 nitrogen and oxygen atoms in total. The molecule has 2 saturated carbocycles. The van der Waals surface area contributed by atoms with E-state index in [0.29, 0.717) is 12.5 Å². The van der Waals surface area contributed by atoms with Gasteiger partial charge in [-0.15, -0.1) is 0 Å². The van der Waals surface area contributed by atoms with Crippen LogP contribution in [0.3, 0.4) is 0 Å². The van der Waals surface area contributed by atoms with E-state index in [1.807, 2.05) is 0 Å². The summed E-state index contributed by atoms with van der Waals surface area (Å²) < 4.78 is 0. The van der Waals surface area contributed by atoms with Gasteiger partial charge in [0.05, 0.1) is 0 Å². The van der Waals surface area contributed by atoms with Gasteiger partial charge in [-0.2, -0.15) is 0 Å². The van der Waals surface area contributed by atoms with E-state index in [0.717, 1.165) is 23.7 Å². The molecular formula is C13H20O. The lowest BCUT2D eigenvalue weighted by Gasteiger charge is -2.29. The molecule has 1 heteroatoms. The fraction of sp³-hybridized carbons (Fsp3) is 0.846. The van der Waals surface area contributed by atoms with Gasteiger partial charge in [-0.1, -0.05) is 11.1 Å². The van der Waals surface area contributed by atoms with Gasteiger partial charge in [0, 0.05) is 12.5 Å². The quantitative estimate of drug-likeness (QED) is 0.633. The van der Waals surface area contributed by atoms with E-state index in [2.05, 4.69) is 13.8 Å². The lowest BCUT2D eigenvalue weighted by molar-refractivity contribution is 0.149. The van der Waals surface area contributed by atoms with E-state index in [1.54, 1.807) is 5.57 Å². The molecule has 0 heterocycles. The number of aliphatic hydroxyl groups is 1. The van der Waals surface area contributed by atoms with Gasteiger partial charge in [-0.3, -0.25) is 0 Å². The Labute approximate surface area is 86.2 Å². The van der Waals surface area contributed by atoms with Crippen molar-refractivity contribution >= 4 is 0 Å². The van der Waals surface area contributed by atoms with E-state index in [4.69, 9.17) is 0 Å². The third kappa shape index (κ3) is 0.894. The van der Waals surface area contributed by atoms with Gasteiger partial charge in [0.1, 0.15) is 0 Å². The van der Waals surface area contributed by atoms with E-state index < -0.39 is 0 Å². The Balaban J connectivity index is 1.99. The number of allylic oxidation sites excluding steroid dienone is 1. The first kappa shape index (κ1) is 8.96. The lowest BCUT2D eigenvalue weighted by atomic mass is 9.75. The van der Waals surface area contributed by atoms with Crippen molar-refractivity contribution in [2.24, 2.45) is 29.6 Å². The summed E-state index contributed by atoms with van der Waals surface area (Å²) in [5.74, 6) is 4.09. The zero-order chi connectivity index (χ0) is 9.87. The molecule has 2 bridgehead atoms. The fourth-order valence-electron chi connectivity index (χ4n) is 4.66. The van der Waals surface area contributed by atoms with Crippen molar-refractivity contribution in [1.82, 2.24) is 0 Å². The van der Waals surface area contributed by atoms with Crippen LogP contribution in [0.2, 0.25) is 0 Å². The summed E-state index contributed by atoms with van der Waals surface area (Å²) in [6.07, 6.45) is 4.34. The summed E-state index contributed by atoms with van der Waals surface area (Å²) in [7, 11) is 0. The number of hydrogen-bond acceptors (Lipinski definition) is 1. The Morgan fingerprint density at radius 2 is 1.86 bits per heavy atom. The zero-order valence-corrected chi connectivity index (χ0v) is 9.16. The van der Waals surface area contributed by atoms with Crippen molar-refractivity contribution in [3.63, 3.8) is 0 Å². The highest BCUT2D eigenvalue weighted by atomic mass is 16.3. The Morgan fingerprint density at radius 3 is 2.57 bits per heavy atom. The SMILES string of the molecule is CC1=C(C)C2C3CCC(C3)C2C1CO. The molecule has 0 aromatic heterocycles. The Bertz CT molecular complexity index is 292. The maximum Gasteiger partial charge on any atom is 0.0499 e. The Morgan fingerprint density at radius 1 is 1.14 bits per heavy atom. The molecule has 5 unspecified atom stereocenters. The average molecular weight is 192 g/mol. The highest BCUT2D eigenvalue weighted by Crippen LogP contribution is 2.62. The molecule has 0 saturated heterocycles. The van der Waals surface area contributed by atoms with Crippen LogP contribution in [0.4, 0.5) is 0 Å². The minimum Gasteiger partial charge on any atom is -0.396 e. The monoisotopic (exact) mass is 192 g/mol. The standard InChI is InChI=1S/C13H20O/c1-7-8(2)12-9-3-4-10(5-9)13(12)11(7)6-14/h9-14H,3-6H2,1-2H3. The summed E-state index contributed by atoms with van der Waals surface area (Å²) >= 11 is 0. The molecule has 3 aliphatic rings. The third-order valence-electron chi connectivity index (χ3n) is 5.32. The van der Waals surface area contributed by atoms with E-state index in [9.17, 15) is 5.11 Å². The Hall–Kier alpha value is -0.300. The van der Waals surface area contributed by atoms with Crippen LogP contribution in [0, 0.1) is 29.6 Å². The van der Waals surface area contributed by atoms with Crippen molar-refractivity contribution in [1.29, 1.82) is 0 Å². The maximum atomic E-state index is 9.50. The molecule has 3 aliphatic carbocycles. The molecule has 0 radical (unpaired) electrons. The molecule has 0 amide bonds. The first-order chi connectivity index (χ1) is 6.74. The van der Waals surface area contributed by atoms with E-state index >= 15 is 0 Å². The molecule has 2 fully saturated rings. The van der Waals surface area contributed by atoms with Crippen LogP contribution in [0.1, 0.15) is 33.1 Å². The molecule has 5 atom stereocenters. The van der Waals surface area contributed by atoms with Gasteiger partial charge < -0.3 is 5.11 Å². The Kier molecular flexibility index (Phi) is 1.82. The topological polar surface area (TPSA) is 20.2 Å². The normalized spacial score (nSPS) is 50.4. The van der Waals surface area contributed by atoms with Crippen LogP contribution < -0.4 is 0 Å². The minimum atomic E-state index is 0.383. The minimum absolute atomic E-state index is 0.383. The third-order valence-corrected chi connectivity index (χ3v) is 5.32. The van der Waals surface area contributed by atoms with Gasteiger partial charge in [-0.05, 0) is 56.8 Å². The summed E-state index contributed by atoms with van der Waals surface area (Å²) in [4.78, 5) is 0. The molecule has 1 N–H and O–H groups in total. The van der Waals surface area contributed by atoms with Gasteiger partial charge in [0.25, 0.3) is 0 Å². The second-order valence-electron chi connectivity index (χ2n) is 5.59. The van der Waals surface area contributed by atoms with Crippen molar-refractivity contribution in [2.45, 2.75) is 33.1 Å². The molecular weight excluding hydrogens is 172 g/mol. The second-order valence-corrected chi connectivity index (χ2v) is 5.59. The van der Waals surface area contributed by atoms with Crippen LogP contribution in [0.25, 0.3) is 0 Å². The first-order valence-corrected chi connectivity index (χ1v) is 6.02. The number of rotatable bonds is 1. The predicted molar refractivity (Wildman–Crippen MR) is 56.8 cm³/mol. The van der Waals surface area contributed by atoms with Crippen LogP contribution in [-0.2, 0) is 0 Å². The first-order valence-electron chi connectivity index (χ1n) is 6.02. The highest BCUT2D eigenvalue weighted by molar-refractivity contribution is 5.29. The zero-order valence-electron chi connectivity index (χ0n) is 9.16. The molecule has 0 aromatic rings. The molecule has 0 aromatic carbocycles. The van der Waals surface area contributed by atoms with Crippen molar-refractivity contribution in [2.75, 3.05) is 6.61 Å². The summed E-state index contributed by atoms with van der Waals surface area (Å²) in [6, 6.07) is 0. The molecule has 3 rings (SSSR count). The van der Waals surface area contributed by atoms with Gasteiger partial charge in [0.2, 0.25) is 0 Å². The molecule has 14 heavy (non-hydrogen) atoms. The lowest BCUT2D eigenvalue weighted by Crippen LogP contribution is -2.26. The maximum absolute atomic E-state index is 9.50. The largest absolute Gasteiger partial charge is 0.396 e. The van der Waals surface area contributed by atoms with E-state index in [-0.39, 0.29) is 0 Å². The predicted octanol–water partition coefficient (Wildman–Crippen LogP) is 2.61. The average Bonchev–Trinajstić information content (AvgIpc) is 2.82. The van der Waals surface area contributed by atoms with Crippen LogP contribution in [0.5, 0.6) is 0 Å². The number of fused-ring (bicyclic) bond motifs is 5. The van der Waals surface area contributed by atoms with Gasteiger partial charge in [-0.25, -0.2) is 0 Å². The van der Waals surface area contributed by atoms with Crippen LogP contribution >= 0.6 is 0 Å². The van der Waals surface area contributed by atoms with E-state index in [1.165, 1.54) is 24.8 Å². The summed E-state index contributed by atoms with van der Waals surface area (Å²) in [5.41, 5.74) is 3.14. The smallest absolute Gasteiger partial charge is 0.0499 e. The number of hydrogen-bond donors (Lipinski definition) is 1. The van der Waals surface area contributed by atoms with Gasteiger partial charge in [0.15, 0.2) is 0 Å². The van der Waals surface area contributed by atoms with Crippen LogP contribution in [-0.4, -0.2) is 11.7 Å². The van der Waals surface area contributed by atoms with Crippen LogP contribution in [0.15, 0.2) is 11.1 Å². The second kappa shape index (κ2) is 2.85. The molecule has 0 aliphatic heterocycles.